The van der Waals surface area contributed by atoms with Crippen molar-refractivity contribution in [2.75, 3.05) is 6.54 Å². The molecule has 0 spiro atoms. The van der Waals surface area contributed by atoms with Crippen molar-refractivity contribution >= 4 is 68.2 Å². The van der Waals surface area contributed by atoms with Gasteiger partial charge in [0.25, 0.3) is 5.91 Å². The summed E-state index contributed by atoms with van der Waals surface area (Å²) in [5.74, 6) is -1.94. The molecule has 15 heteroatoms. The van der Waals surface area contributed by atoms with Gasteiger partial charge >= 0.3 is 6.09 Å². The number of amides is 4. The molecule has 4 amide bonds. The zero-order chi connectivity index (χ0) is 32.8. The van der Waals surface area contributed by atoms with E-state index in [2.05, 4.69) is 37.5 Å². The van der Waals surface area contributed by atoms with E-state index in [0.717, 1.165) is 46.8 Å². The van der Waals surface area contributed by atoms with Crippen LogP contribution >= 0.6 is 34.4 Å². The Kier molecular flexibility index (Phi) is 9.81. The minimum Gasteiger partial charge on any atom is -0.444 e. The highest BCUT2D eigenvalue weighted by atomic mass is 127. The Morgan fingerprint density at radius 2 is 1.85 bits per heavy atom. The lowest BCUT2D eigenvalue weighted by molar-refractivity contribution is -0.142. The minimum absolute atomic E-state index is 0.00473. The Bertz CT molecular complexity index is 1500. The molecule has 2 aliphatic heterocycles. The predicted molar refractivity (Wildman–Crippen MR) is 178 cm³/mol. The van der Waals surface area contributed by atoms with Crippen LogP contribution in [0.1, 0.15) is 82.3 Å². The minimum atomic E-state index is -3.82. The van der Waals surface area contributed by atoms with Crippen molar-refractivity contribution in [1.82, 2.24) is 24.7 Å². The summed E-state index contributed by atoms with van der Waals surface area (Å²) in [6, 6.07) is 4.15. The lowest BCUT2D eigenvalue weighted by atomic mass is 9.83. The van der Waals surface area contributed by atoms with Gasteiger partial charge in [-0.3, -0.25) is 24.0 Å². The van der Waals surface area contributed by atoms with Crippen molar-refractivity contribution in [2.45, 2.75) is 113 Å². The second-order valence-electron chi connectivity index (χ2n) is 13.4. The summed E-state index contributed by atoms with van der Waals surface area (Å²) >= 11 is 8.40. The number of carbonyl (C=O) groups excluding carboxylic acids is 4. The second kappa shape index (κ2) is 13.4. The number of ether oxygens (including phenoxy) is 1. The van der Waals surface area contributed by atoms with Crippen LogP contribution in [0.3, 0.4) is 0 Å². The molecule has 5 atom stereocenters. The van der Waals surface area contributed by atoms with Crippen LogP contribution in [0.2, 0.25) is 0 Å². The standard InChI is InChI=1S/C31H41ClIN5O7S/c1-2-20-14-31(20,29(41)36-46(43,44)22-11-12-22)34-27(39)25-13-21(16-38(25)28(40)26(35-32)18-7-4-3-5-8-18)45-30(42)37-15-19-9-6-10-24(33)23(19)17-37/h6,9-10,18,20-22,25-26,35H,2-5,7-8,11-17H2,1H3,(H,34,39)(H,36,41)/t20-,21-,25+,26+,31-/m1/s1. The van der Waals surface area contributed by atoms with Crippen LogP contribution in [0.4, 0.5) is 4.79 Å². The molecule has 3 N–H and O–H groups in total. The molecule has 252 valence electrons. The molecule has 1 saturated heterocycles. The van der Waals surface area contributed by atoms with Crippen molar-refractivity contribution in [3.05, 3.63) is 32.9 Å². The van der Waals surface area contributed by atoms with Gasteiger partial charge in [-0.2, -0.15) is 0 Å². The molecule has 0 radical (unpaired) electrons. The molecule has 4 fully saturated rings. The molecule has 1 aromatic rings. The van der Waals surface area contributed by atoms with Gasteiger partial charge in [0.1, 0.15) is 23.7 Å². The van der Waals surface area contributed by atoms with Crippen LogP contribution in [0.5, 0.6) is 0 Å². The maximum Gasteiger partial charge on any atom is 0.410 e. The van der Waals surface area contributed by atoms with Gasteiger partial charge in [-0.25, -0.2) is 18.0 Å². The van der Waals surface area contributed by atoms with Gasteiger partial charge < -0.3 is 15.0 Å². The normalized spacial score (nSPS) is 28.4. The van der Waals surface area contributed by atoms with E-state index in [1.165, 1.54) is 4.90 Å². The van der Waals surface area contributed by atoms with Crippen LogP contribution in [0.25, 0.3) is 0 Å². The number of carbonyl (C=O) groups is 4. The first-order valence-electron chi connectivity index (χ1n) is 16.2. The van der Waals surface area contributed by atoms with Crippen LogP contribution in [-0.2, 0) is 42.2 Å². The van der Waals surface area contributed by atoms with Crippen LogP contribution < -0.4 is 14.9 Å². The van der Waals surface area contributed by atoms with E-state index in [1.54, 1.807) is 4.90 Å². The highest BCUT2D eigenvalue weighted by Gasteiger charge is 2.62. The quantitative estimate of drug-likeness (QED) is 0.241. The number of rotatable bonds is 10. The Morgan fingerprint density at radius 3 is 2.48 bits per heavy atom. The Balaban J connectivity index is 1.19. The van der Waals surface area contributed by atoms with Gasteiger partial charge in [0, 0.05) is 16.5 Å². The summed E-state index contributed by atoms with van der Waals surface area (Å²) < 4.78 is 34.4. The van der Waals surface area contributed by atoms with Crippen molar-refractivity contribution in [3.63, 3.8) is 0 Å². The third-order valence-corrected chi connectivity index (χ3v) is 13.4. The topological polar surface area (TPSA) is 154 Å². The smallest absolute Gasteiger partial charge is 0.410 e. The summed E-state index contributed by atoms with van der Waals surface area (Å²) in [6.07, 6.45) is 5.29. The van der Waals surface area contributed by atoms with Gasteiger partial charge in [-0.1, -0.05) is 44.7 Å². The van der Waals surface area contributed by atoms with Crippen LogP contribution in [0.15, 0.2) is 18.2 Å². The van der Waals surface area contributed by atoms with Gasteiger partial charge in [0.15, 0.2) is 0 Å². The van der Waals surface area contributed by atoms with Gasteiger partial charge in [0.2, 0.25) is 21.8 Å². The number of fused-ring (bicyclic) bond motifs is 1. The first-order chi connectivity index (χ1) is 22.0. The molecule has 2 heterocycles. The van der Waals surface area contributed by atoms with Crippen molar-refractivity contribution in [2.24, 2.45) is 11.8 Å². The van der Waals surface area contributed by atoms with E-state index in [4.69, 9.17) is 16.5 Å². The Morgan fingerprint density at radius 1 is 1.11 bits per heavy atom. The molecule has 46 heavy (non-hydrogen) atoms. The lowest BCUT2D eigenvalue weighted by Crippen LogP contribution is -2.58. The fourth-order valence-electron chi connectivity index (χ4n) is 7.38. The number of sulfonamides is 1. The molecule has 12 nitrogen and oxygen atoms in total. The first kappa shape index (κ1) is 33.7. The predicted octanol–water partition coefficient (Wildman–Crippen LogP) is 3.30. The Hall–Kier alpha value is -2.17. The number of likely N-dealkylation sites (tertiary alicyclic amines) is 1. The molecular formula is C31H41ClIN5O7S. The van der Waals surface area contributed by atoms with Gasteiger partial charge in [-0.05, 0) is 95.5 Å². The molecule has 0 unspecified atom stereocenters. The zero-order valence-corrected chi connectivity index (χ0v) is 29.5. The van der Waals surface area contributed by atoms with Gasteiger partial charge in [-0.15, -0.1) is 0 Å². The second-order valence-corrected chi connectivity index (χ2v) is 16.8. The van der Waals surface area contributed by atoms with E-state index in [9.17, 15) is 27.6 Å². The lowest BCUT2D eigenvalue weighted by Gasteiger charge is -2.33. The van der Waals surface area contributed by atoms with Crippen molar-refractivity contribution in [3.8, 4) is 0 Å². The van der Waals surface area contributed by atoms with Crippen molar-refractivity contribution < 1.29 is 32.3 Å². The van der Waals surface area contributed by atoms with Crippen LogP contribution in [-0.4, -0.2) is 77.6 Å². The summed E-state index contributed by atoms with van der Waals surface area (Å²) in [4.78, 5) is 60.4. The molecule has 5 aliphatic rings. The molecular weight excluding hydrogens is 749 g/mol. The molecule has 0 bridgehead atoms. The maximum absolute atomic E-state index is 14.1. The fraction of sp³-hybridized carbons (Fsp3) is 0.677. The number of benzene rings is 1. The molecule has 3 aliphatic carbocycles. The molecule has 3 saturated carbocycles. The maximum atomic E-state index is 14.1. The molecule has 6 rings (SSSR count). The monoisotopic (exact) mass is 789 g/mol. The SMILES string of the molecule is CC[C@@H]1C[C@]1(NC(=O)[C@@H]1C[C@@H](OC(=O)N2Cc3cccc(I)c3C2)CN1C(=O)[C@@H](NCl)C1CCCCC1)C(=O)NS(=O)(=O)C1CC1. The number of hydrogen-bond donors (Lipinski definition) is 3. The number of hydrogen-bond acceptors (Lipinski definition) is 8. The average molecular weight is 790 g/mol. The van der Waals surface area contributed by atoms with E-state index in [1.807, 2.05) is 25.1 Å². The number of nitrogens with one attached hydrogen (secondary N) is 3. The number of nitrogens with zero attached hydrogens (tertiary/aromatic N) is 2. The molecule has 0 aromatic heterocycles. The average Bonchev–Trinajstić information content (AvgIpc) is 3.92. The summed E-state index contributed by atoms with van der Waals surface area (Å²) in [7, 11) is -3.82. The third-order valence-electron chi connectivity index (χ3n) is 10.4. The van der Waals surface area contributed by atoms with E-state index >= 15 is 0 Å². The Labute approximate surface area is 288 Å². The summed E-state index contributed by atoms with van der Waals surface area (Å²) in [5.41, 5.74) is 0.740. The van der Waals surface area contributed by atoms with Crippen molar-refractivity contribution in [1.29, 1.82) is 0 Å². The summed E-state index contributed by atoms with van der Waals surface area (Å²) in [6.45, 7) is 2.69. The fourth-order valence-corrected chi connectivity index (χ4v) is 9.74. The largest absolute Gasteiger partial charge is 0.444 e. The highest BCUT2D eigenvalue weighted by molar-refractivity contribution is 14.1. The molecule has 1 aromatic carbocycles. The third kappa shape index (κ3) is 6.73. The van der Waals surface area contributed by atoms with Crippen LogP contribution in [0, 0.1) is 15.4 Å². The first-order valence-corrected chi connectivity index (χ1v) is 19.2. The van der Waals surface area contributed by atoms with E-state index < -0.39 is 56.9 Å². The van der Waals surface area contributed by atoms with E-state index in [0.29, 0.717) is 38.8 Å². The number of halogens is 2. The van der Waals surface area contributed by atoms with Gasteiger partial charge in [0.05, 0.1) is 18.3 Å². The van der Waals surface area contributed by atoms with E-state index in [-0.39, 0.29) is 30.7 Å². The highest BCUT2D eigenvalue weighted by Crippen LogP contribution is 2.47. The zero-order valence-electron chi connectivity index (χ0n) is 25.8. The summed E-state index contributed by atoms with van der Waals surface area (Å²) in [5, 5.41) is 2.26.